The first-order valence-corrected chi connectivity index (χ1v) is 10.5. The Hall–Kier alpha value is -3.12. The molecule has 1 heterocycles. The Labute approximate surface area is 186 Å². The zero-order chi connectivity index (χ0) is 22.2. The van der Waals surface area contributed by atoms with Crippen LogP contribution in [0.5, 0.6) is 5.75 Å². The number of nitrogens with zero attached hydrogens (tertiary/aromatic N) is 1. The molecule has 3 aromatic rings. The van der Waals surface area contributed by atoms with Gasteiger partial charge in [0.05, 0.1) is 24.4 Å². The normalized spacial score (nSPS) is 10.6. The highest BCUT2D eigenvalue weighted by molar-refractivity contribution is 6.30. The van der Waals surface area contributed by atoms with Crippen molar-refractivity contribution in [1.82, 2.24) is 15.6 Å². The van der Waals surface area contributed by atoms with E-state index in [1.54, 1.807) is 36.5 Å². The van der Waals surface area contributed by atoms with E-state index in [1.165, 1.54) is 0 Å². The number of pyridine rings is 1. The maximum Gasteiger partial charge on any atom is 0.315 e. The van der Waals surface area contributed by atoms with Crippen LogP contribution in [0.3, 0.4) is 0 Å². The Balaban J connectivity index is 1.82. The van der Waals surface area contributed by atoms with Gasteiger partial charge >= 0.3 is 6.03 Å². The van der Waals surface area contributed by atoms with Crippen molar-refractivity contribution in [1.29, 1.82) is 0 Å². The maximum absolute atomic E-state index is 15.5. The van der Waals surface area contributed by atoms with Gasteiger partial charge in [-0.2, -0.15) is 0 Å². The average Bonchev–Trinajstić information content (AvgIpc) is 2.76. The SMILES string of the molecule is CCNC(=O)NCc1ccc(Cc2ccc(OCC)c(-c3cccc(Cl)c3)c2F)cn1. The number of amides is 2. The highest BCUT2D eigenvalue weighted by Crippen LogP contribution is 2.36. The lowest BCUT2D eigenvalue weighted by molar-refractivity contribution is 0.241. The molecule has 0 saturated carbocycles. The number of ether oxygens (including phenoxy) is 1. The summed E-state index contributed by atoms with van der Waals surface area (Å²) in [5.41, 5.74) is 3.19. The average molecular weight is 442 g/mol. The van der Waals surface area contributed by atoms with Crippen LogP contribution < -0.4 is 15.4 Å². The van der Waals surface area contributed by atoms with Gasteiger partial charge in [0.2, 0.25) is 0 Å². The molecule has 0 bridgehead atoms. The van der Waals surface area contributed by atoms with Gasteiger partial charge < -0.3 is 15.4 Å². The molecule has 3 rings (SSSR count). The molecule has 0 unspecified atom stereocenters. The zero-order valence-corrected chi connectivity index (χ0v) is 18.3. The van der Waals surface area contributed by atoms with Gasteiger partial charge in [0.15, 0.2) is 0 Å². The smallest absolute Gasteiger partial charge is 0.315 e. The summed E-state index contributed by atoms with van der Waals surface area (Å²) in [6.07, 6.45) is 2.08. The largest absolute Gasteiger partial charge is 0.493 e. The molecule has 0 fully saturated rings. The number of nitrogens with one attached hydrogen (secondary N) is 2. The molecule has 1 aromatic heterocycles. The minimum absolute atomic E-state index is 0.238. The van der Waals surface area contributed by atoms with E-state index in [0.717, 1.165) is 11.3 Å². The molecule has 2 aromatic carbocycles. The second-order valence-corrected chi connectivity index (χ2v) is 7.34. The Morgan fingerprint density at radius 3 is 2.65 bits per heavy atom. The zero-order valence-electron chi connectivity index (χ0n) is 17.5. The number of rotatable bonds is 8. The molecule has 7 heteroatoms. The fourth-order valence-corrected chi connectivity index (χ4v) is 3.40. The number of hydrogen-bond acceptors (Lipinski definition) is 3. The quantitative estimate of drug-likeness (QED) is 0.495. The molecule has 0 atom stereocenters. The van der Waals surface area contributed by atoms with E-state index >= 15 is 4.39 Å². The van der Waals surface area contributed by atoms with Gasteiger partial charge in [0.1, 0.15) is 11.6 Å². The minimum Gasteiger partial charge on any atom is -0.493 e. The highest BCUT2D eigenvalue weighted by Gasteiger charge is 2.17. The Morgan fingerprint density at radius 1 is 1.13 bits per heavy atom. The molecule has 2 amide bonds. The summed E-state index contributed by atoms with van der Waals surface area (Å²) in [5, 5.41) is 5.93. The molecule has 31 heavy (non-hydrogen) atoms. The summed E-state index contributed by atoms with van der Waals surface area (Å²) < 4.78 is 21.2. The third-order valence-electron chi connectivity index (χ3n) is 4.64. The standard InChI is InChI=1S/C24H25ClFN3O2/c1-3-27-24(30)29-15-20-10-8-16(14-28-20)12-18-9-11-21(31-4-2)22(23(18)26)17-6-5-7-19(25)13-17/h5-11,13-14H,3-4,12,15H2,1-2H3,(H2,27,29,30). The molecule has 0 aliphatic rings. The first-order valence-electron chi connectivity index (χ1n) is 10.2. The summed E-state index contributed by atoms with van der Waals surface area (Å²) in [6, 6.07) is 14.1. The maximum atomic E-state index is 15.5. The number of urea groups is 1. The van der Waals surface area contributed by atoms with Crippen molar-refractivity contribution < 1.29 is 13.9 Å². The van der Waals surface area contributed by atoms with E-state index in [9.17, 15) is 4.79 Å². The van der Waals surface area contributed by atoms with Crippen LogP contribution in [0.4, 0.5) is 9.18 Å². The van der Waals surface area contributed by atoms with Crippen molar-refractivity contribution in [2.24, 2.45) is 0 Å². The molecule has 0 spiro atoms. The number of hydrogen-bond donors (Lipinski definition) is 2. The van der Waals surface area contributed by atoms with Gasteiger partial charge in [-0.3, -0.25) is 4.98 Å². The number of halogens is 2. The first kappa shape index (κ1) is 22.6. The Kier molecular flexibility index (Phi) is 7.84. The summed E-state index contributed by atoms with van der Waals surface area (Å²) in [7, 11) is 0. The van der Waals surface area contributed by atoms with Crippen LogP contribution in [0.2, 0.25) is 5.02 Å². The molecule has 0 radical (unpaired) electrons. The third-order valence-corrected chi connectivity index (χ3v) is 4.88. The lowest BCUT2D eigenvalue weighted by Gasteiger charge is -2.15. The van der Waals surface area contributed by atoms with Crippen molar-refractivity contribution in [2.75, 3.05) is 13.2 Å². The highest BCUT2D eigenvalue weighted by atomic mass is 35.5. The molecular weight excluding hydrogens is 417 g/mol. The molecular formula is C24H25ClFN3O2. The Morgan fingerprint density at radius 2 is 1.97 bits per heavy atom. The molecule has 5 nitrogen and oxygen atoms in total. The van der Waals surface area contributed by atoms with Crippen molar-refractivity contribution >= 4 is 17.6 Å². The minimum atomic E-state index is -0.338. The van der Waals surface area contributed by atoms with Crippen LogP contribution in [-0.2, 0) is 13.0 Å². The summed E-state index contributed by atoms with van der Waals surface area (Å²) >= 11 is 6.12. The summed E-state index contributed by atoms with van der Waals surface area (Å²) in [4.78, 5) is 15.9. The summed E-state index contributed by atoms with van der Waals surface area (Å²) in [5.74, 6) is 0.145. The van der Waals surface area contributed by atoms with Gasteiger partial charge in [-0.1, -0.05) is 35.9 Å². The third kappa shape index (κ3) is 5.95. The molecule has 162 valence electrons. The number of carbonyl (C=O) groups is 1. The van der Waals surface area contributed by atoms with Crippen LogP contribution in [0.15, 0.2) is 54.7 Å². The lowest BCUT2D eigenvalue weighted by Crippen LogP contribution is -2.34. The first-order chi connectivity index (χ1) is 15.0. The fraction of sp³-hybridized carbons (Fsp3) is 0.250. The van der Waals surface area contributed by atoms with Gasteiger partial charge in [0.25, 0.3) is 0 Å². The van der Waals surface area contributed by atoms with Crippen LogP contribution >= 0.6 is 11.6 Å². The predicted molar refractivity (Wildman–Crippen MR) is 121 cm³/mol. The fourth-order valence-electron chi connectivity index (χ4n) is 3.20. The van der Waals surface area contributed by atoms with Crippen molar-refractivity contribution in [2.45, 2.75) is 26.8 Å². The molecule has 0 saturated heterocycles. The van der Waals surface area contributed by atoms with E-state index in [1.807, 2.05) is 32.0 Å². The van der Waals surface area contributed by atoms with E-state index in [0.29, 0.717) is 53.6 Å². The molecule has 0 aliphatic heterocycles. The van der Waals surface area contributed by atoms with Gasteiger partial charge in [-0.05, 0) is 54.8 Å². The monoisotopic (exact) mass is 441 g/mol. The van der Waals surface area contributed by atoms with E-state index in [4.69, 9.17) is 16.3 Å². The van der Waals surface area contributed by atoms with Crippen LogP contribution in [0, 0.1) is 5.82 Å². The van der Waals surface area contributed by atoms with Gasteiger partial charge in [0, 0.05) is 24.2 Å². The topological polar surface area (TPSA) is 63.2 Å². The van der Waals surface area contributed by atoms with Crippen LogP contribution in [0.25, 0.3) is 11.1 Å². The number of carbonyl (C=O) groups excluding carboxylic acids is 1. The van der Waals surface area contributed by atoms with Crippen molar-refractivity contribution in [3.63, 3.8) is 0 Å². The second kappa shape index (κ2) is 10.8. The Bertz CT molecular complexity index is 1040. The van der Waals surface area contributed by atoms with E-state index in [-0.39, 0.29) is 11.8 Å². The van der Waals surface area contributed by atoms with Crippen molar-refractivity contribution in [3.8, 4) is 16.9 Å². The lowest BCUT2D eigenvalue weighted by atomic mass is 9.97. The van der Waals surface area contributed by atoms with E-state index < -0.39 is 0 Å². The van der Waals surface area contributed by atoms with E-state index in [2.05, 4.69) is 15.6 Å². The van der Waals surface area contributed by atoms with Crippen LogP contribution in [-0.4, -0.2) is 24.2 Å². The van der Waals surface area contributed by atoms with Gasteiger partial charge in [-0.15, -0.1) is 0 Å². The predicted octanol–water partition coefficient (Wildman–Crippen LogP) is 5.35. The van der Waals surface area contributed by atoms with Crippen molar-refractivity contribution in [3.05, 3.63) is 82.4 Å². The van der Waals surface area contributed by atoms with Crippen LogP contribution in [0.1, 0.15) is 30.7 Å². The van der Waals surface area contributed by atoms with Gasteiger partial charge in [-0.25, -0.2) is 9.18 Å². The number of benzene rings is 2. The second-order valence-electron chi connectivity index (χ2n) is 6.90. The summed E-state index contributed by atoms with van der Waals surface area (Å²) in [6.45, 7) is 5.03. The molecule has 2 N–H and O–H groups in total. The molecule has 0 aliphatic carbocycles. The number of aromatic nitrogens is 1.